The number of nitrogens with zero attached hydrogens (tertiary/aromatic N) is 4. The summed E-state index contributed by atoms with van der Waals surface area (Å²) in [7, 11) is 0. The number of hydrogen-bond donors (Lipinski definition) is 1. The van der Waals surface area contributed by atoms with E-state index >= 15 is 0 Å². The number of aromatic nitrogens is 4. The normalized spacial score (nSPS) is 18.6. The van der Waals surface area contributed by atoms with Crippen molar-refractivity contribution in [2.45, 2.75) is 38.7 Å². The second-order valence-corrected chi connectivity index (χ2v) is 9.44. The van der Waals surface area contributed by atoms with Crippen LogP contribution in [0.25, 0.3) is 15.9 Å². The summed E-state index contributed by atoms with van der Waals surface area (Å²) < 4.78 is 2.64. The van der Waals surface area contributed by atoms with Gasteiger partial charge in [-0.25, -0.2) is 9.97 Å². The summed E-state index contributed by atoms with van der Waals surface area (Å²) in [5.74, 6) is 2.12. The highest BCUT2D eigenvalue weighted by Gasteiger charge is 2.26. The summed E-state index contributed by atoms with van der Waals surface area (Å²) in [4.78, 5) is 26.8. The minimum Gasteiger partial charge on any atom is -0.391 e. The molecule has 5 rings (SSSR count). The van der Waals surface area contributed by atoms with Crippen molar-refractivity contribution in [2.24, 2.45) is 11.8 Å². The van der Waals surface area contributed by atoms with Crippen LogP contribution in [0.2, 0.25) is 0 Å². The molecule has 1 fully saturated rings. The summed E-state index contributed by atoms with van der Waals surface area (Å²) >= 11 is 1.55. The zero-order valence-corrected chi connectivity index (χ0v) is 18.0. The molecule has 1 saturated carbocycles. The first-order valence-corrected chi connectivity index (χ1v) is 11.5. The molecular weight excluding hydrogens is 408 g/mol. The Morgan fingerprint density at radius 3 is 2.71 bits per heavy atom. The molecule has 158 valence electrons. The lowest BCUT2D eigenvalue weighted by Gasteiger charge is -2.11. The molecule has 0 spiro atoms. The van der Waals surface area contributed by atoms with Crippen molar-refractivity contribution in [1.82, 2.24) is 19.5 Å². The van der Waals surface area contributed by atoms with E-state index in [2.05, 4.69) is 9.97 Å². The average Bonchev–Trinajstić information content (AvgIpc) is 3.41. The largest absolute Gasteiger partial charge is 0.391 e. The molecule has 0 saturated heterocycles. The Kier molecular flexibility index (Phi) is 5.61. The molecule has 1 N–H and O–H groups in total. The van der Waals surface area contributed by atoms with Gasteiger partial charge in [0, 0.05) is 35.5 Å². The summed E-state index contributed by atoms with van der Waals surface area (Å²) in [6.45, 7) is 0.0533. The maximum Gasteiger partial charge on any atom is 0.255 e. The molecule has 7 heteroatoms. The minimum absolute atomic E-state index is 0.0499. The first kappa shape index (κ1) is 20.0. The Morgan fingerprint density at radius 1 is 1.06 bits per heavy atom. The molecule has 4 aromatic heterocycles. The van der Waals surface area contributed by atoms with Crippen molar-refractivity contribution in [1.29, 1.82) is 0 Å². The Balaban J connectivity index is 1.20. The molecular formula is C24H24N4O2S. The van der Waals surface area contributed by atoms with Crippen LogP contribution in [0.15, 0.2) is 59.8 Å². The van der Waals surface area contributed by atoms with Gasteiger partial charge in [-0.3, -0.25) is 14.3 Å². The fourth-order valence-electron chi connectivity index (χ4n) is 4.53. The second-order valence-electron chi connectivity index (χ2n) is 8.28. The lowest BCUT2D eigenvalue weighted by Crippen LogP contribution is -2.15. The number of rotatable bonds is 6. The Bertz CT molecular complexity index is 1250. The molecule has 1 aliphatic rings. The first-order valence-electron chi connectivity index (χ1n) is 10.7. The predicted molar refractivity (Wildman–Crippen MR) is 121 cm³/mol. The second kappa shape index (κ2) is 8.69. The van der Waals surface area contributed by atoms with Crippen molar-refractivity contribution in [3.63, 3.8) is 0 Å². The summed E-state index contributed by atoms with van der Waals surface area (Å²) in [6.07, 6.45) is 10.8. The van der Waals surface area contributed by atoms with Crippen molar-refractivity contribution in [3.8, 4) is 5.69 Å². The number of fused-ring (bicyclic) bond motifs is 1. The topological polar surface area (TPSA) is 80.9 Å². The van der Waals surface area contributed by atoms with Gasteiger partial charge in [0.1, 0.15) is 5.82 Å². The van der Waals surface area contributed by atoms with Crippen LogP contribution < -0.4 is 5.56 Å². The average molecular weight is 433 g/mol. The van der Waals surface area contributed by atoms with Crippen LogP contribution in [0.3, 0.4) is 0 Å². The molecule has 0 unspecified atom stereocenters. The standard InChI is InChI=1S/C24H24N4O2S/c29-15-20-12-21-22(31-20)14-26-23(27-21)11-17-5-4-16(9-17)10-18-6-7-19(13-25-18)28-8-2-1-3-24(28)30/h1-3,6-8,12-14,16-17,29H,4-5,9-11,15H2/t16-,17-/m0/s1. The zero-order valence-electron chi connectivity index (χ0n) is 17.1. The van der Waals surface area contributed by atoms with Crippen LogP contribution in [-0.4, -0.2) is 24.6 Å². The van der Waals surface area contributed by atoms with Crippen LogP contribution >= 0.6 is 11.3 Å². The van der Waals surface area contributed by atoms with E-state index < -0.39 is 0 Å². The van der Waals surface area contributed by atoms with Crippen molar-refractivity contribution in [3.05, 3.63) is 81.7 Å². The number of thiophene rings is 1. The van der Waals surface area contributed by atoms with Crippen LogP contribution in [0, 0.1) is 11.8 Å². The van der Waals surface area contributed by atoms with Gasteiger partial charge in [-0.1, -0.05) is 6.07 Å². The van der Waals surface area contributed by atoms with E-state index in [1.165, 1.54) is 12.8 Å². The number of hydrogen-bond acceptors (Lipinski definition) is 6. The van der Waals surface area contributed by atoms with Gasteiger partial charge >= 0.3 is 0 Å². The molecule has 4 aromatic rings. The van der Waals surface area contributed by atoms with Crippen LogP contribution in [-0.2, 0) is 19.4 Å². The molecule has 2 atom stereocenters. The summed E-state index contributed by atoms with van der Waals surface area (Å²) in [6, 6.07) is 11.1. The lowest BCUT2D eigenvalue weighted by molar-refractivity contribution is 0.285. The third-order valence-corrected chi connectivity index (χ3v) is 7.10. The van der Waals surface area contributed by atoms with Gasteiger partial charge < -0.3 is 5.11 Å². The predicted octanol–water partition coefficient (Wildman–Crippen LogP) is 3.93. The van der Waals surface area contributed by atoms with Crippen molar-refractivity contribution in [2.75, 3.05) is 0 Å². The van der Waals surface area contributed by atoms with Gasteiger partial charge in [0.15, 0.2) is 0 Å². The highest BCUT2D eigenvalue weighted by Crippen LogP contribution is 2.35. The fraction of sp³-hybridized carbons (Fsp3) is 0.333. The molecule has 0 aliphatic heterocycles. The highest BCUT2D eigenvalue weighted by molar-refractivity contribution is 7.18. The maximum absolute atomic E-state index is 12.0. The van der Waals surface area contributed by atoms with E-state index in [1.54, 1.807) is 40.4 Å². The Morgan fingerprint density at radius 2 is 1.94 bits per heavy atom. The molecule has 31 heavy (non-hydrogen) atoms. The summed E-state index contributed by atoms with van der Waals surface area (Å²) in [5.41, 5.74) is 2.76. The number of pyridine rings is 2. The van der Waals surface area contributed by atoms with E-state index in [0.29, 0.717) is 11.8 Å². The third kappa shape index (κ3) is 4.43. The van der Waals surface area contributed by atoms with Crippen molar-refractivity contribution < 1.29 is 5.11 Å². The minimum atomic E-state index is -0.0499. The van der Waals surface area contributed by atoms with Gasteiger partial charge in [0.2, 0.25) is 0 Å². The monoisotopic (exact) mass is 432 g/mol. The van der Waals surface area contributed by atoms with Crippen molar-refractivity contribution >= 4 is 21.6 Å². The van der Waals surface area contributed by atoms with Crippen LogP contribution in [0.1, 0.15) is 35.7 Å². The molecule has 0 amide bonds. The molecule has 1 aliphatic carbocycles. The zero-order chi connectivity index (χ0) is 21.2. The van der Waals surface area contributed by atoms with Crippen LogP contribution in [0.4, 0.5) is 0 Å². The Hall–Kier alpha value is -2.90. The maximum atomic E-state index is 12.0. The molecule has 0 aromatic carbocycles. The smallest absolute Gasteiger partial charge is 0.255 e. The van der Waals surface area contributed by atoms with E-state index in [9.17, 15) is 9.90 Å². The van der Waals surface area contributed by atoms with Gasteiger partial charge in [0.05, 0.1) is 28.7 Å². The van der Waals surface area contributed by atoms with E-state index in [4.69, 9.17) is 4.98 Å². The molecule has 6 nitrogen and oxygen atoms in total. The molecule has 4 heterocycles. The first-order chi connectivity index (χ1) is 15.2. The van der Waals surface area contributed by atoms with E-state index in [-0.39, 0.29) is 12.2 Å². The van der Waals surface area contributed by atoms with E-state index in [0.717, 1.165) is 51.6 Å². The molecule has 0 radical (unpaired) electrons. The highest BCUT2D eigenvalue weighted by atomic mass is 32.1. The van der Waals surface area contributed by atoms with Gasteiger partial charge in [-0.2, -0.15) is 0 Å². The third-order valence-electron chi connectivity index (χ3n) is 6.06. The number of aliphatic hydroxyl groups is 1. The summed E-state index contributed by atoms with van der Waals surface area (Å²) in [5, 5.41) is 9.32. The SMILES string of the molecule is O=c1ccccn1-c1ccc(C[C@H]2CC[C@H](Cc3ncc4sc(CO)cc4n3)C2)nc1. The van der Waals surface area contributed by atoms with Crippen LogP contribution in [0.5, 0.6) is 0 Å². The quantitative estimate of drug-likeness (QED) is 0.499. The van der Waals surface area contributed by atoms with Gasteiger partial charge in [0.25, 0.3) is 5.56 Å². The van der Waals surface area contributed by atoms with E-state index in [1.807, 2.05) is 30.5 Å². The lowest BCUT2D eigenvalue weighted by atomic mass is 9.97. The fourth-order valence-corrected chi connectivity index (χ4v) is 5.36. The molecule has 0 bridgehead atoms. The Labute approximate surface area is 184 Å². The number of aliphatic hydroxyl groups excluding tert-OH is 1. The van der Waals surface area contributed by atoms with Gasteiger partial charge in [-0.05, 0) is 61.8 Å². The van der Waals surface area contributed by atoms with Gasteiger partial charge in [-0.15, -0.1) is 11.3 Å².